The molecule has 0 aliphatic carbocycles. The number of para-hydroxylation sites is 2. The van der Waals surface area contributed by atoms with Gasteiger partial charge in [-0.2, -0.15) is 0 Å². The summed E-state index contributed by atoms with van der Waals surface area (Å²) >= 11 is 3.45. The van der Waals surface area contributed by atoms with Crippen molar-refractivity contribution in [1.29, 1.82) is 0 Å². The first kappa shape index (κ1) is 13.3. The SMILES string of the molecule is CCn1c(C(N)c2ccc(Br)cc2)nc2ccccc21. The molecule has 0 saturated heterocycles. The van der Waals surface area contributed by atoms with Gasteiger partial charge in [-0.1, -0.05) is 40.2 Å². The largest absolute Gasteiger partial charge is 0.327 e. The highest BCUT2D eigenvalue weighted by Crippen LogP contribution is 2.25. The van der Waals surface area contributed by atoms with Crippen LogP contribution in [0.4, 0.5) is 0 Å². The third-order valence-electron chi connectivity index (χ3n) is 3.51. The predicted molar refractivity (Wildman–Crippen MR) is 85.6 cm³/mol. The summed E-state index contributed by atoms with van der Waals surface area (Å²) < 4.78 is 3.24. The first-order valence-corrected chi connectivity index (χ1v) is 7.46. The monoisotopic (exact) mass is 329 g/mol. The van der Waals surface area contributed by atoms with Crippen molar-refractivity contribution in [3.8, 4) is 0 Å². The van der Waals surface area contributed by atoms with E-state index < -0.39 is 0 Å². The first-order chi connectivity index (χ1) is 9.70. The minimum absolute atomic E-state index is 0.213. The van der Waals surface area contributed by atoms with Crippen LogP contribution < -0.4 is 5.73 Å². The molecule has 3 rings (SSSR count). The Bertz CT molecular complexity index is 731. The summed E-state index contributed by atoms with van der Waals surface area (Å²) in [5, 5.41) is 0. The van der Waals surface area contributed by atoms with Crippen molar-refractivity contribution in [1.82, 2.24) is 9.55 Å². The highest BCUT2D eigenvalue weighted by Gasteiger charge is 2.17. The van der Waals surface area contributed by atoms with E-state index in [2.05, 4.69) is 33.5 Å². The maximum atomic E-state index is 6.41. The summed E-state index contributed by atoms with van der Waals surface area (Å²) in [6.07, 6.45) is 0. The Kier molecular flexibility index (Phi) is 3.59. The molecule has 20 heavy (non-hydrogen) atoms. The summed E-state index contributed by atoms with van der Waals surface area (Å²) in [6.45, 7) is 2.98. The standard InChI is InChI=1S/C16H16BrN3/c1-2-20-14-6-4-3-5-13(14)19-16(20)15(18)11-7-9-12(17)10-8-11/h3-10,15H,2,18H2,1H3. The fourth-order valence-electron chi connectivity index (χ4n) is 2.48. The normalized spacial score (nSPS) is 12.8. The summed E-state index contributed by atoms with van der Waals surface area (Å²) in [6, 6.07) is 16.0. The number of rotatable bonds is 3. The fourth-order valence-corrected chi connectivity index (χ4v) is 2.75. The van der Waals surface area contributed by atoms with Crippen LogP contribution in [0.25, 0.3) is 11.0 Å². The van der Waals surface area contributed by atoms with Crippen LogP contribution in [0.5, 0.6) is 0 Å². The first-order valence-electron chi connectivity index (χ1n) is 6.67. The number of imidazole rings is 1. The van der Waals surface area contributed by atoms with E-state index in [0.29, 0.717) is 0 Å². The average Bonchev–Trinajstić information content (AvgIpc) is 2.85. The van der Waals surface area contributed by atoms with Crippen LogP contribution in [-0.2, 0) is 6.54 Å². The molecule has 0 saturated carbocycles. The number of benzene rings is 2. The number of nitrogens with two attached hydrogens (primary N) is 1. The van der Waals surface area contributed by atoms with Crippen LogP contribution in [0.15, 0.2) is 53.0 Å². The highest BCUT2D eigenvalue weighted by molar-refractivity contribution is 9.10. The fraction of sp³-hybridized carbons (Fsp3) is 0.188. The topological polar surface area (TPSA) is 43.8 Å². The molecule has 1 atom stereocenters. The van der Waals surface area contributed by atoms with Gasteiger partial charge in [0.15, 0.2) is 0 Å². The third-order valence-corrected chi connectivity index (χ3v) is 4.04. The lowest BCUT2D eigenvalue weighted by molar-refractivity contribution is 0.671. The lowest BCUT2D eigenvalue weighted by atomic mass is 10.1. The maximum Gasteiger partial charge on any atom is 0.131 e. The van der Waals surface area contributed by atoms with Gasteiger partial charge in [0, 0.05) is 11.0 Å². The number of hydrogen-bond donors (Lipinski definition) is 1. The molecule has 1 unspecified atom stereocenters. The summed E-state index contributed by atoms with van der Waals surface area (Å²) in [7, 11) is 0. The molecule has 2 N–H and O–H groups in total. The highest BCUT2D eigenvalue weighted by atomic mass is 79.9. The molecular weight excluding hydrogens is 314 g/mol. The zero-order valence-electron chi connectivity index (χ0n) is 11.3. The molecule has 3 nitrogen and oxygen atoms in total. The minimum Gasteiger partial charge on any atom is -0.327 e. The van der Waals surface area contributed by atoms with Crippen LogP contribution in [0.1, 0.15) is 24.4 Å². The summed E-state index contributed by atoms with van der Waals surface area (Å²) in [4.78, 5) is 4.71. The number of halogens is 1. The van der Waals surface area contributed by atoms with Crippen molar-refractivity contribution in [3.05, 3.63) is 64.4 Å². The lowest BCUT2D eigenvalue weighted by Crippen LogP contribution is -2.17. The molecule has 102 valence electrons. The van der Waals surface area contributed by atoms with E-state index in [-0.39, 0.29) is 6.04 Å². The molecule has 1 heterocycles. The van der Waals surface area contributed by atoms with Crippen molar-refractivity contribution in [2.24, 2.45) is 5.73 Å². The predicted octanol–water partition coefficient (Wildman–Crippen LogP) is 3.87. The van der Waals surface area contributed by atoms with Gasteiger partial charge in [-0.3, -0.25) is 0 Å². The van der Waals surface area contributed by atoms with Crippen molar-refractivity contribution in [3.63, 3.8) is 0 Å². The van der Waals surface area contributed by atoms with Gasteiger partial charge in [0.2, 0.25) is 0 Å². The van der Waals surface area contributed by atoms with Crippen LogP contribution >= 0.6 is 15.9 Å². The van der Waals surface area contributed by atoms with Crippen molar-refractivity contribution < 1.29 is 0 Å². The Morgan fingerprint density at radius 3 is 2.55 bits per heavy atom. The summed E-state index contributed by atoms with van der Waals surface area (Å²) in [5.74, 6) is 0.913. The molecule has 0 spiro atoms. The van der Waals surface area contributed by atoms with Crippen LogP contribution in [0.3, 0.4) is 0 Å². The Hall–Kier alpha value is -1.65. The van der Waals surface area contributed by atoms with Crippen molar-refractivity contribution >= 4 is 27.0 Å². The Balaban J connectivity index is 2.11. The molecule has 0 fully saturated rings. The Labute approximate surface area is 126 Å². The minimum atomic E-state index is -0.213. The smallest absolute Gasteiger partial charge is 0.131 e. The molecule has 0 amide bonds. The molecule has 0 bridgehead atoms. The molecular formula is C16H16BrN3. The van der Waals surface area contributed by atoms with E-state index in [9.17, 15) is 0 Å². The number of hydrogen-bond acceptors (Lipinski definition) is 2. The van der Waals surface area contributed by atoms with Crippen LogP contribution in [0.2, 0.25) is 0 Å². The number of fused-ring (bicyclic) bond motifs is 1. The maximum absolute atomic E-state index is 6.41. The average molecular weight is 330 g/mol. The van der Waals surface area contributed by atoms with Crippen molar-refractivity contribution in [2.45, 2.75) is 19.5 Å². The van der Waals surface area contributed by atoms with Gasteiger partial charge >= 0.3 is 0 Å². The van der Waals surface area contributed by atoms with Gasteiger partial charge in [0.1, 0.15) is 5.82 Å². The molecule has 0 radical (unpaired) electrons. The van der Waals surface area contributed by atoms with E-state index in [4.69, 9.17) is 10.7 Å². The molecule has 0 aliphatic heterocycles. The molecule has 0 aliphatic rings. The van der Waals surface area contributed by atoms with Gasteiger partial charge in [0.25, 0.3) is 0 Å². The van der Waals surface area contributed by atoms with E-state index in [0.717, 1.165) is 33.4 Å². The second-order valence-corrected chi connectivity index (χ2v) is 5.65. The lowest BCUT2D eigenvalue weighted by Gasteiger charge is -2.14. The van der Waals surface area contributed by atoms with Crippen LogP contribution in [-0.4, -0.2) is 9.55 Å². The van der Waals surface area contributed by atoms with Gasteiger partial charge in [0.05, 0.1) is 17.1 Å². The zero-order chi connectivity index (χ0) is 14.1. The molecule has 1 aromatic heterocycles. The quantitative estimate of drug-likeness (QED) is 0.792. The second-order valence-electron chi connectivity index (χ2n) is 4.73. The second kappa shape index (κ2) is 5.38. The van der Waals surface area contributed by atoms with Gasteiger partial charge in [-0.25, -0.2) is 4.98 Å². The molecule has 4 heteroatoms. The Morgan fingerprint density at radius 2 is 1.85 bits per heavy atom. The number of aromatic nitrogens is 2. The Morgan fingerprint density at radius 1 is 1.15 bits per heavy atom. The van der Waals surface area contributed by atoms with E-state index in [1.807, 2.05) is 42.5 Å². The third kappa shape index (κ3) is 2.25. The zero-order valence-corrected chi connectivity index (χ0v) is 12.8. The van der Waals surface area contributed by atoms with Gasteiger partial charge in [-0.15, -0.1) is 0 Å². The van der Waals surface area contributed by atoms with E-state index in [1.54, 1.807) is 0 Å². The molecule has 2 aromatic carbocycles. The van der Waals surface area contributed by atoms with E-state index in [1.165, 1.54) is 0 Å². The van der Waals surface area contributed by atoms with Crippen LogP contribution in [0, 0.1) is 0 Å². The number of aryl methyl sites for hydroxylation is 1. The van der Waals surface area contributed by atoms with Gasteiger partial charge < -0.3 is 10.3 Å². The van der Waals surface area contributed by atoms with E-state index >= 15 is 0 Å². The summed E-state index contributed by atoms with van der Waals surface area (Å²) in [5.41, 5.74) is 9.61. The van der Waals surface area contributed by atoms with Gasteiger partial charge in [-0.05, 0) is 36.8 Å². The molecule has 3 aromatic rings. The van der Waals surface area contributed by atoms with Crippen molar-refractivity contribution in [2.75, 3.05) is 0 Å². The number of nitrogens with zero attached hydrogens (tertiary/aromatic N) is 2.